The van der Waals surface area contributed by atoms with Gasteiger partial charge in [-0.25, -0.2) is 0 Å². The van der Waals surface area contributed by atoms with Gasteiger partial charge < -0.3 is 14.7 Å². The molecule has 40 heavy (non-hydrogen) atoms. The Labute approximate surface area is 245 Å². The Bertz CT molecular complexity index is 1190. The van der Waals surface area contributed by atoms with Crippen LogP contribution in [0.15, 0.2) is 72.8 Å². The second-order valence-electron chi connectivity index (χ2n) is 10.7. The van der Waals surface area contributed by atoms with Crippen molar-refractivity contribution in [3.05, 3.63) is 106 Å². The van der Waals surface area contributed by atoms with Gasteiger partial charge >= 0.3 is 5.97 Å². The van der Waals surface area contributed by atoms with E-state index in [0.29, 0.717) is 18.6 Å². The Morgan fingerprint density at radius 2 is 1.45 bits per heavy atom. The van der Waals surface area contributed by atoms with Crippen LogP contribution in [0.3, 0.4) is 0 Å². The first-order valence-electron chi connectivity index (χ1n) is 14.2. The maximum atomic E-state index is 13.0. The normalized spacial score (nSPS) is 14.4. The second kappa shape index (κ2) is 14.6. The summed E-state index contributed by atoms with van der Waals surface area (Å²) in [5, 5.41) is 12.1. The molecule has 1 heterocycles. The standard InChI is InChI=1S/C34H41NO4.ClH/c1-4-39-33(37)24-31-25(2)22-27(23-26(31)3)32(36)16-11-19-35-20-17-30(18-21-35)34(38,28-12-7-5-8-13-28)29-14-9-6-10-15-29;/h5-10,12-15,22-23,30,38H,4,11,16-21,24H2,1-3H3;1H. The summed E-state index contributed by atoms with van der Waals surface area (Å²) < 4.78 is 5.09. The lowest BCUT2D eigenvalue weighted by atomic mass is 9.72. The van der Waals surface area contributed by atoms with E-state index in [1.54, 1.807) is 6.92 Å². The predicted octanol–water partition coefficient (Wildman–Crippen LogP) is 6.44. The minimum Gasteiger partial charge on any atom is -0.466 e. The molecule has 0 saturated carbocycles. The van der Waals surface area contributed by atoms with Crippen molar-refractivity contribution in [3.8, 4) is 0 Å². The van der Waals surface area contributed by atoms with Gasteiger partial charge in [0.05, 0.1) is 13.0 Å². The summed E-state index contributed by atoms with van der Waals surface area (Å²) in [4.78, 5) is 27.3. The second-order valence-corrected chi connectivity index (χ2v) is 10.7. The van der Waals surface area contributed by atoms with Gasteiger partial charge in [0.2, 0.25) is 0 Å². The smallest absolute Gasteiger partial charge is 0.310 e. The zero-order valence-corrected chi connectivity index (χ0v) is 24.7. The van der Waals surface area contributed by atoms with E-state index in [9.17, 15) is 14.7 Å². The monoisotopic (exact) mass is 563 g/mol. The summed E-state index contributed by atoms with van der Waals surface area (Å²) in [6.45, 7) is 8.75. The third kappa shape index (κ3) is 7.39. The van der Waals surface area contributed by atoms with Gasteiger partial charge in [0.1, 0.15) is 5.60 Å². The minimum atomic E-state index is -1.01. The molecule has 5 nitrogen and oxygen atoms in total. The van der Waals surface area contributed by atoms with Crippen molar-refractivity contribution >= 4 is 24.2 Å². The van der Waals surface area contributed by atoms with Gasteiger partial charge in [-0.05, 0) is 106 Å². The molecule has 0 unspecified atom stereocenters. The Morgan fingerprint density at radius 1 is 0.925 bits per heavy atom. The van der Waals surface area contributed by atoms with Crippen molar-refractivity contribution in [1.29, 1.82) is 0 Å². The minimum absolute atomic E-state index is 0. The van der Waals surface area contributed by atoms with Gasteiger partial charge in [0, 0.05) is 12.0 Å². The van der Waals surface area contributed by atoms with Gasteiger partial charge in [-0.2, -0.15) is 0 Å². The molecule has 0 amide bonds. The first-order valence-corrected chi connectivity index (χ1v) is 14.2. The molecule has 3 aromatic carbocycles. The molecule has 1 fully saturated rings. The quantitative estimate of drug-likeness (QED) is 0.215. The summed E-state index contributed by atoms with van der Waals surface area (Å²) in [6.07, 6.45) is 3.32. The largest absolute Gasteiger partial charge is 0.466 e. The van der Waals surface area contributed by atoms with Crippen molar-refractivity contribution in [2.75, 3.05) is 26.2 Å². The van der Waals surface area contributed by atoms with E-state index < -0.39 is 5.60 Å². The molecule has 1 saturated heterocycles. The van der Waals surface area contributed by atoms with Crippen LogP contribution < -0.4 is 0 Å². The lowest BCUT2D eigenvalue weighted by molar-refractivity contribution is -0.142. The molecule has 6 heteroatoms. The summed E-state index contributed by atoms with van der Waals surface area (Å²) in [5.74, 6) is 0.0260. The summed E-state index contributed by atoms with van der Waals surface area (Å²) in [6, 6.07) is 23.9. The Morgan fingerprint density at radius 3 is 1.95 bits per heavy atom. The number of hydrogen-bond acceptors (Lipinski definition) is 5. The number of aryl methyl sites for hydroxylation is 2. The van der Waals surface area contributed by atoms with Crippen molar-refractivity contribution in [2.45, 2.75) is 58.5 Å². The summed E-state index contributed by atoms with van der Waals surface area (Å²) >= 11 is 0. The lowest BCUT2D eigenvalue weighted by Gasteiger charge is -2.42. The van der Waals surface area contributed by atoms with Crippen LogP contribution in [0.1, 0.15) is 70.8 Å². The molecule has 0 bridgehead atoms. The van der Waals surface area contributed by atoms with Gasteiger partial charge in [0.25, 0.3) is 0 Å². The Balaban J connectivity index is 0.00000441. The van der Waals surface area contributed by atoms with Gasteiger partial charge in [-0.15, -0.1) is 12.4 Å². The predicted molar refractivity (Wildman–Crippen MR) is 162 cm³/mol. The molecule has 4 rings (SSSR count). The molecular weight excluding hydrogens is 522 g/mol. The van der Waals surface area contributed by atoms with E-state index >= 15 is 0 Å². The molecular formula is C34H42ClNO4. The molecule has 0 atom stereocenters. The number of hydrogen-bond donors (Lipinski definition) is 1. The fourth-order valence-corrected chi connectivity index (χ4v) is 5.99. The highest BCUT2D eigenvalue weighted by molar-refractivity contribution is 5.96. The van der Waals surface area contributed by atoms with Crippen LogP contribution in [0, 0.1) is 19.8 Å². The average Bonchev–Trinajstić information content (AvgIpc) is 2.96. The van der Waals surface area contributed by atoms with E-state index in [2.05, 4.69) is 4.90 Å². The van der Waals surface area contributed by atoms with Crippen LogP contribution in [0.2, 0.25) is 0 Å². The van der Waals surface area contributed by atoms with Crippen LogP contribution in [0.4, 0.5) is 0 Å². The fourth-order valence-electron chi connectivity index (χ4n) is 5.99. The van der Waals surface area contributed by atoms with E-state index in [4.69, 9.17) is 4.74 Å². The average molecular weight is 564 g/mol. The number of ether oxygens (including phenoxy) is 1. The van der Waals surface area contributed by atoms with E-state index in [-0.39, 0.29) is 36.5 Å². The maximum Gasteiger partial charge on any atom is 0.310 e. The van der Waals surface area contributed by atoms with Crippen LogP contribution in [-0.2, 0) is 21.6 Å². The number of esters is 1. The summed E-state index contributed by atoms with van der Waals surface area (Å²) in [7, 11) is 0. The zero-order chi connectivity index (χ0) is 27.8. The van der Waals surface area contributed by atoms with E-state index in [1.807, 2.05) is 86.6 Å². The number of aliphatic hydroxyl groups is 1. The summed E-state index contributed by atoms with van der Waals surface area (Å²) in [5.41, 5.74) is 4.44. The molecule has 214 valence electrons. The van der Waals surface area contributed by atoms with Crippen molar-refractivity contribution in [2.24, 2.45) is 5.92 Å². The van der Waals surface area contributed by atoms with Gasteiger partial charge in [-0.3, -0.25) is 9.59 Å². The SMILES string of the molecule is CCOC(=O)Cc1c(C)cc(C(=O)CCCN2CCC(C(O)(c3ccccc3)c3ccccc3)CC2)cc1C.Cl. The van der Waals surface area contributed by atoms with Gasteiger partial charge in [-0.1, -0.05) is 60.7 Å². The third-order valence-electron chi connectivity index (χ3n) is 8.13. The number of ketones is 1. The maximum absolute atomic E-state index is 13.0. The first kappa shape index (κ1) is 31.5. The topological polar surface area (TPSA) is 66.8 Å². The first-order chi connectivity index (χ1) is 18.8. The van der Waals surface area contributed by atoms with Gasteiger partial charge in [0.15, 0.2) is 5.78 Å². The van der Waals surface area contributed by atoms with Crippen LogP contribution in [-0.4, -0.2) is 48.0 Å². The highest BCUT2D eigenvalue weighted by Gasteiger charge is 2.41. The number of carbonyl (C=O) groups excluding carboxylic acids is 2. The molecule has 1 N–H and O–H groups in total. The number of carbonyl (C=O) groups is 2. The number of rotatable bonds is 11. The van der Waals surface area contributed by atoms with Crippen molar-refractivity contribution < 1.29 is 19.4 Å². The molecule has 0 radical (unpaired) electrons. The molecule has 1 aliphatic heterocycles. The van der Waals surface area contributed by atoms with Crippen LogP contribution in [0.5, 0.6) is 0 Å². The van der Waals surface area contributed by atoms with Crippen LogP contribution in [0.25, 0.3) is 0 Å². The van der Waals surface area contributed by atoms with Crippen molar-refractivity contribution in [3.63, 3.8) is 0 Å². The van der Waals surface area contributed by atoms with E-state index in [1.165, 1.54) is 0 Å². The Kier molecular flexibility index (Phi) is 11.5. The molecule has 1 aliphatic rings. The number of Topliss-reactive ketones (excluding diaryl/α,β-unsaturated/α-hetero) is 1. The number of nitrogens with zero attached hydrogens (tertiary/aromatic N) is 1. The highest BCUT2D eigenvalue weighted by atomic mass is 35.5. The molecule has 0 spiro atoms. The number of benzene rings is 3. The van der Waals surface area contributed by atoms with E-state index in [0.717, 1.165) is 66.7 Å². The molecule has 0 aliphatic carbocycles. The third-order valence-corrected chi connectivity index (χ3v) is 8.13. The fraction of sp³-hybridized carbons (Fsp3) is 0.412. The van der Waals surface area contributed by atoms with Crippen LogP contribution >= 0.6 is 12.4 Å². The number of piperidine rings is 1. The Hall–Kier alpha value is -2.99. The van der Waals surface area contributed by atoms with Crippen molar-refractivity contribution in [1.82, 2.24) is 4.90 Å². The highest BCUT2D eigenvalue weighted by Crippen LogP contribution is 2.41. The zero-order valence-electron chi connectivity index (χ0n) is 23.9. The lowest BCUT2D eigenvalue weighted by Crippen LogP contribution is -2.44. The number of halogens is 1. The molecule has 3 aromatic rings. The number of likely N-dealkylation sites (tertiary alicyclic amines) is 1. The molecule has 0 aromatic heterocycles.